The zero-order chi connectivity index (χ0) is 19.5. The average Bonchev–Trinajstić information content (AvgIpc) is 2.98. The van der Waals surface area contributed by atoms with Gasteiger partial charge in [0.2, 0.25) is 0 Å². The molecule has 0 aliphatic heterocycles. The van der Waals surface area contributed by atoms with E-state index in [0.29, 0.717) is 17.7 Å². The molecule has 0 unspecified atom stereocenters. The van der Waals surface area contributed by atoms with Crippen LogP contribution in [0.5, 0.6) is 5.75 Å². The summed E-state index contributed by atoms with van der Waals surface area (Å²) in [5.41, 5.74) is 0.199. The number of likely N-dealkylation sites (N-methyl/N-ethyl adjacent to an activating group) is 1. The number of aromatic nitrogens is 2. The number of rotatable bonds is 7. The minimum Gasteiger partial charge on any atom is -0.508 e. The van der Waals surface area contributed by atoms with Crippen LogP contribution >= 0.6 is 0 Å². The van der Waals surface area contributed by atoms with E-state index >= 15 is 0 Å². The third-order valence-corrected chi connectivity index (χ3v) is 3.97. The van der Waals surface area contributed by atoms with E-state index in [0.717, 1.165) is 19.3 Å². The number of hydrogen-bond acceptors (Lipinski definition) is 4. The number of nitrogens with zero attached hydrogens (tertiary/aromatic N) is 3. The minimum atomic E-state index is -4.51. The van der Waals surface area contributed by atoms with Crippen molar-refractivity contribution in [1.29, 1.82) is 0 Å². The Hall–Kier alpha value is -2.06. The summed E-state index contributed by atoms with van der Waals surface area (Å²) >= 11 is 0. The molecule has 0 saturated heterocycles. The van der Waals surface area contributed by atoms with Gasteiger partial charge in [-0.25, -0.2) is 4.98 Å². The molecule has 0 saturated carbocycles. The topological polar surface area (TPSA) is 53.3 Å². The smallest absolute Gasteiger partial charge is 0.434 e. The number of aromatic hydroxyl groups is 1. The maximum Gasteiger partial charge on any atom is 0.434 e. The predicted molar refractivity (Wildman–Crippen MR) is 95.0 cm³/mol. The van der Waals surface area contributed by atoms with Crippen LogP contribution in [0.4, 0.5) is 13.2 Å². The lowest BCUT2D eigenvalue weighted by Crippen LogP contribution is -2.26. The van der Waals surface area contributed by atoms with E-state index in [1.807, 2.05) is 19.0 Å². The summed E-state index contributed by atoms with van der Waals surface area (Å²) in [6.45, 7) is 5.68. The number of phenols is 1. The Balaban J connectivity index is 2.24. The molecule has 2 aromatic rings. The molecular weight excluding hydrogens is 345 g/mol. The number of alkyl halides is 3. The molecule has 26 heavy (non-hydrogen) atoms. The Morgan fingerprint density at radius 2 is 1.96 bits per heavy atom. The molecule has 2 rings (SSSR count). The van der Waals surface area contributed by atoms with Gasteiger partial charge >= 0.3 is 6.18 Å². The Labute approximate surface area is 151 Å². The number of hydrogen-bond donors (Lipinski definition) is 2. The van der Waals surface area contributed by atoms with Gasteiger partial charge in [0, 0.05) is 43.0 Å². The van der Waals surface area contributed by atoms with Crippen LogP contribution in [0.15, 0.2) is 24.4 Å². The normalized spacial score (nSPS) is 12.3. The molecule has 0 radical (unpaired) electrons. The molecule has 0 fully saturated rings. The predicted octanol–water partition coefficient (Wildman–Crippen LogP) is 3.51. The minimum absolute atomic E-state index is 0.0340. The second-order valence-electron chi connectivity index (χ2n) is 6.77. The fourth-order valence-electron chi connectivity index (χ4n) is 2.52. The first kappa shape index (κ1) is 20.3. The lowest BCUT2D eigenvalue weighted by molar-refractivity contribution is -0.140. The summed E-state index contributed by atoms with van der Waals surface area (Å²) in [6, 6.07) is 4.66. The van der Waals surface area contributed by atoms with Crippen LogP contribution in [-0.4, -0.2) is 46.7 Å². The van der Waals surface area contributed by atoms with Crippen LogP contribution in [0.3, 0.4) is 0 Å². The van der Waals surface area contributed by atoms with Crippen LogP contribution in [0.2, 0.25) is 0 Å². The molecule has 1 aromatic carbocycles. The Kier molecular flexibility index (Phi) is 6.30. The monoisotopic (exact) mass is 370 g/mol. The van der Waals surface area contributed by atoms with Crippen molar-refractivity contribution in [3.8, 4) is 17.1 Å². The van der Waals surface area contributed by atoms with E-state index in [2.05, 4.69) is 10.3 Å². The highest BCUT2D eigenvalue weighted by atomic mass is 19.4. The number of phenolic OH excluding ortho intramolecular Hbond substituents is 1. The second-order valence-corrected chi connectivity index (χ2v) is 6.77. The maximum absolute atomic E-state index is 13.0. The summed E-state index contributed by atoms with van der Waals surface area (Å²) in [5, 5.41) is 13.5. The van der Waals surface area contributed by atoms with Gasteiger partial charge in [-0.15, -0.1) is 0 Å². The van der Waals surface area contributed by atoms with Gasteiger partial charge in [-0.1, -0.05) is 12.1 Å². The molecule has 0 amide bonds. The second kappa shape index (κ2) is 8.09. The van der Waals surface area contributed by atoms with Crippen LogP contribution in [0.25, 0.3) is 11.4 Å². The van der Waals surface area contributed by atoms with E-state index < -0.39 is 11.9 Å². The average molecular weight is 370 g/mol. The van der Waals surface area contributed by atoms with Crippen LogP contribution in [-0.2, 0) is 12.7 Å². The van der Waals surface area contributed by atoms with E-state index in [9.17, 15) is 18.3 Å². The molecule has 1 heterocycles. The Morgan fingerprint density at radius 1 is 1.27 bits per heavy atom. The highest BCUT2D eigenvalue weighted by molar-refractivity contribution is 5.60. The van der Waals surface area contributed by atoms with E-state index in [1.165, 1.54) is 10.6 Å². The number of halogens is 3. The first-order valence-corrected chi connectivity index (χ1v) is 8.43. The van der Waals surface area contributed by atoms with Crippen molar-refractivity contribution in [2.75, 3.05) is 27.2 Å². The largest absolute Gasteiger partial charge is 0.508 e. The van der Waals surface area contributed by atoms with Gasteiger partial charge in [0.25, 0.3) is 0 Å². The number of imidazole rings is 1. The third-order valence-electron chi connectivity index (χ3n) is 3.97. The quantitative estimate of drug-likeness (QED) is 0.733. The fraction of sp³-hybridized carbons (Fsp3) is 0.500. The molecule has 144 valence electrons. The zero-order valence-corrected chi connectivity index (χ0v) is 15.4. The number of benzene rings is 1. The van der Waals surface area contributed by atoms with Crippen LogP contribution < -0.4 is 5.32 Å². The molecule has 0 spiro atoms. The van der Waals surface area contributed by atoms with Gasteiger partial charge in [-0.3, -0.25) is 0 Å². The van der Waals surface area contributed by atoms with Crippen LogP contribution in [0, 0.1) is 0 Å². The highest BCUT2D eigenvalue weighted by Gasteiger charge is 2.35. The fourth-order valence-corrected chi connectivity index (χ4v) is 2.52. The lowest BCUT2D eigenvalue weighted by atomic mass is 10.1. The highest BCUT2D eigenvalue weighted by Crippen LogP contribution is 2.33. The summed E-state index contributed by atoms with van der Waals surface area (Å²) in [6.07, 6.45) is -3.50. The van der Waals surface area contributed by atoms with Gasteiger partial charge in [0.05, 0.1) is 0 Å². The lowest BCUT2D eigenvalue weighted by Gasteiger charge is -2.13. The first-order chi connectivity index (χ1) is 12.1. The standard InChI is InChI=1S/C18H25F3N4O/c1-12(2)25-11-16(18(19,20)21)23-17(25)13-5-6-14(15(26)9-13)10-22-7-8-24(3)4/h5-6,9,11-12,22,26H,7-8,10H2,1-4H3. The molecule has 0 aliphatic carbocycles. The van der Waals surface area contributed by atoms with Gasteiger partial charge in [-0.05, 0) is 34.0 Å². The molecular formula is C18H25F3N4O. The van der Waals surface area contributed by atoms with Crippen LogP contribution in [0.1, 0.15) is 31.1 Å². The number of nitrogens with one attached hydrogen (secondary N) is 1. The molecule has 2 N–H and O–H groups in total. The molecule has 0 aliphatic rings. The molecule has 5 nitrogen and oxygen atoms in total. The van der Waals surface area contributed by atoms with Crippen molar-refractivity contribution in [3.05, 3.63) is 35.7 Å². The molecule has 0 bridgehead atoms. The van der Waals surface area contributed by atoms with E-state index in [1.54, 1.807) is 26.0 Å². The van der Waals surface area contributed by atoms with Crippen molar-refractivity contribution in [2.24, 2.45) is 0 Å². The summed E-state index contributed by atoms with van der Waals surface area (Å²) in [5.74, 6) is 0.224. The zero-order valence-electron chi connectivity index (χ0n) is 15.4. The van der Waals surface area contributed by atoms with Gasteiger partial charge in [0.15, 0.2) is 5.69 Å². The molecule has 8 heteroatoms. The third kappa shape index (κ3) is 4.98. The van der Waals surface area contributed by atoms with Crippen molar-refractivity contribution < 1.29 is 18.3 Å². The SMILES string of the molecule is CC(C)n1cc(C(F)(F)F)nc1-c1ccc(CNCCN(C)C)c(O)c1. The van der Waals surface area contributed by atoms with Gasteiger partial charge in [0.1, 0.15) is 11.6 Å². The Morgan fingerprint density at radius 3 is 2.50 bits per heavy atom. The first-order valence-electron chi connectivity index (χ1n) is 8.43. The maximum atomic E-state index is 13.0. The van der Waals surface area contributed by atoms with E-state index in [-0.39, 0.29) is 17.6 Å². The van der Waals surface area contributed by atoms with Crippen molar-refractivity contribution >= 4 is 0 Å². The van der Waals surface area contributed by atoms with Crippen molar-refractivity contribution in [1.82, 2.24) is 19.8 Å². The van der Waals surface area contributed by atoms with Crippen molar-refractivity contribution in [2.45, 2.75) is 32.6 Å². The summed E-state index contributed by atoms with van der Waals surface area (Å²) < 4.78 is 40.5. The van der Waals surface area contributed by atoms with Gasteiger partial charge < -0.3 is 19.9 Å². The molecule has 1 aromatic heterocycles. The van der Waals surface area contributed by atoms with E-state index in [4.69, 9.17) is 0 Å². The summed E-state index contributed by atoms with van der Waals surface area (Å²) in [7, 11) is 3.94. The Bertz CT molecular complexity index is 739. The van der Waals surface area contributed by atoms with Crippen molar-refractivity contribution in [3.63, 3.8) is 0 Å². The summed E-state index contributed by atoms with van der Waals surface area (Å²) in [4.78, 5) is 5.79. The van der Waals surface area contributed by atoms with Gasteiger partial charge in [-0.2, -0.15) is 13.2 Å². The molecule has 0 atom stereocenters.